The number of rotatable bonds is 5. The average molecular weight is 476 g/mol. The van der Waals surface area contributed by atoms with Gasteiger partial charge in [-0.05, 0) is 56.1 Å². The van der Waals surface area contributed by atoms with Crippen LogP contribution in [0.15, 0.2) is 27.7 Å². The first-order chi connectivity index (χ1) is 15.3. The van der Waals surface area contributed by atoms with Gasteiger partial charge in [0.15, 0.2) is 0 Å². The van der Waals surface area contributed by atoms with E-state index in [9.17, 15) is 9.90 Å². The SMILES string of the molecule is CC1CCCC(C)N1[n+]1cc(NC(=O)CSc2cc(C(C)(C)C)c(O)c(C(C)(C)C)c2)on1. The first-order valence-corrected chi connectivity index (χ1v) is 12.7. The number of amides is 1. The summed E-state index contributed by atoms with van der Waals surface area (Å²) in [6.07, 6.45) is 5.17. The molecule has 33 heavy (non-hydrogen) atoms. The van der Waals surface area contributed by atoms with Crippen LogP contribution in [-0.2, 0) is 15.6 Å². The average Bonchev–Trinajstić information content (AvgIpc) is 3.13. The van der Waals surface area contributed by atoms with E-state index in [1.807, 2.05) is 12.1 Å². The van der Waals surface area contributed by atoms with Crippen LogP contribution in [0.3, 0.4) is 0 Å². The maximum absolute atomic E-state index is 12.6. The van der Waals surface area contributed by atoms with Gasteiger partial charge in [0.2, 0.25) is 11.2 Å². The third kappa shape index (κ3) is 6.02. The van der Waals surface area contributed by atoms with Gasteiger partial charge in [0.25, 0.3) is 6.20 Å². The van der Waals surface area contributed by atoms with Crippen LogP contribution in [0.1, 0.15) is 85.8 Å². The number of aromatic nitrogens is 2. The zero-order valence-corrected chi connectivity index (χ0v) is 22.0. The van der Waals surface area contributed by atoms with Crippen molar-refractivity contribution in [2.75, 3.05) is 16.1 Å². The minimum atomic E-state index is -0.209. The highest BCUT2D eigenvalue weighted by molar-refractivity contribution is 8.00. The summed E-state index contributed by atoms with van der Waals surface area (Å²) in [5.74, 6) is 0.749. The fourth-order valence-corrected chi connectivity index (χ4v) is 5.14. The van der Waals surface area contributed by atoms with Gasteiger partial charge in [0.05, 0.1) is 22.6 Å². The van der Waals surface area contributed by atoms with Gasteiger partial charge in [0.1, 0.15) is 5.75 Å². The summed E-state index contributed by atoms with van der Waals surface area (Å²) in [4.78, 5) is 15.3. The monoisotopic (exact) mass is 475 g/mol. The highest BCUT2D eigenvalue weighted by Crippen LogP contribution is 2.41. The van der Waals surface area contributed by atoms with Crippen LogP contribution in [0.2, 0.25) is 0 Å². The number of nitrogens with zero attached hydrogens (tertiary/aromatic N) is 3. The molecule has 1 amide bonds. The predicted octanol–water partition coefficient (Wildman–Crippen LogP) is 4.89. The Bertz CT molecular complexity index is 945. The van der Waals surface area contributed by atoms with Crippen molar-refractivity contribution in [3.05, 3.63) is 29.5 Å². The summed E-state index contributed by atoms with van der Waals surface area (Å²) >= 11 is 1.45. The van der Waals surface area contributed by atoms with E-state index in [4.69, 9.17) is 4.52 Å². The topological polar surface area (TPSA) is 82.5 Å². The van der Waals surface area contributed by atoms with Crippen LogP contribution in [0.5, 0.6) is 5.75 Å². The van der Waals surface area contributed by atoms with Crippen molar-refractivity contribution in [3.63, 3.8) is 0 Å². The zero-order chi connectivity index (χ0) is 24.6. The molecule has 0 radical (unpaired) electrons. The Balaban J connectivity index is 1.70. The predicted molar refractivity (Wildman–Crippen MR) is 133 cm³/mol. The van der Waals surface area contributed by atoms with Gasteiger partial charge in [-0.3, -0.25) is 14.6 Å². The molecule has 1 aromatic carbocycles. The number of hydrogen-bond donors (Lipinski definition) is 2. The maximum Gasteiger partial charge on any atom is 0.305 e. The number of nitrogens with one attached hydrogen (secondary N) is 1. The normalized spacial score (nSPS) is 19.6. The van der Waals surface area contributed by atoms with E-state index < -0.39 is 0 Å². The van der Waals surface area contributed by atoms with E-state index in [2.05, 4.69) is 71.0 Å². The molecule has 182 valence electrons. The second kappa shape index (κ2) is 9.57. The minimum absolute atomic E-state index is 0.161. The Morgan fingerprint density at radius 3 is 2.21 bits per heavy atom. The molecule has 0 aliphatic carbocycles. The van der Waals surface area contributed by atoms with Crippen molar-refractivity contribution in [2.24, 2.45) is 0 Å². The molecule has 1 saturated heterocycles. The van der Waals surface area contributed by atoms with Gasteiger partial charge in [-0.1, -0.05) is 41.5 Å². The number of aromatic hydroxyl groups is 1. The first-order valence-electron chi connectivity index (χ1n) is 11.7. The molecule has 1 aliphatic rings. The number of benzene rings is 1. The number of phenolic OH excluding ortho intramolecular Hbond substituents is 1. The smallest absolute Gasteiger partial charge is 0.305 e. The fourth-order valence-electron chi connectivity index (χ4n) is 4.37. The largest absolute Gasteiger partial charge is 0.507 e. The van der Waals surface area contributed by atoms with E-state index in [1.165, 1.54) is 18.2 Å². The molecule has 3 rings (SSSR count). The lowest BCUT2D eigenvalue weighted by molar-refractivity contribution is -0.765. The van der Waals surface area contributed by atoms with Crippen molar-refractivity contribution < 1.29 is 19.2 Å². The Hall–Kier alpha value is -2.22. The molecule has 0 bridgehead atoms. The lowest BCUT2D eigenvalue weighted by Crippen LogP contribution is -2.67. The molecule has 2 N–H and O–H groups in total. The molecule has 0 saturated carbocycles. The Kier molecular flexibility index (Phi) is 7.36. The van der Waals surface area contributed by atoms with Gasteiger partial charge in [-0.25, -0.2) is 0 Å². The second-order valence-electron chi connectivity index (χ2n) is 11.2. The Morgan fingerprint density at radius 1 is 1.15 bits per heavy atom. The van der Waals surface area contributed by atoms with Crippen molar-refractivity contribution in [2.45, 2.75) is 102 Å². The number of hydrogen-bond acceptors (Lipinski definition) is 6. The molecule has 2 unspecified atom stereocenters. The van der Waals surface area contributed by atoms with E-state index in [0.717, 1.165) is 28.9 Å². The number of piperidine rings is 1. The van der Waals surface area contributed by atoms with Gasteiger partial charge in [-0.2, -0.15) is 0 Å². The molecule has 1 aliphatic heterocycles. The van der Waals surface area contributed by atoms with Crippen molar-refractivity contribution in [1.82, 2.24) is 5.27 Å². The molecule has 1 fully saturated rings. The summed E-state index contributed by atoms with van der Waals surface area (Å²) in [7, 11) is 0. The zero-order valence-electron chi connectivity index (χ0n) is 21.2. The third-order valence-corrected chi connectivity index (χ3v) is 7.15. The molecular weight excluding hydrogens is 436 g/mol. The summed E-state index contributed by atoms with van der Waals surface area (Å²) in [6.45, 7) is 16.9. The lowest BCUT2D eigenvalue weighted by Gasteiger charge is -2.31. The molecule has 0 spiro atoms. The molecule has 2 aromatic rings. The summed E-state index contributed by atoms with van der Waals surface area (Å²) in [6, 6.07) is 4.71. The number of carbonyl (C=O) groups is 1. The lowest BCUT2D eigenvalue weighted by atomic mass is 9.79. The van der Waals surface area contributed by atoms with Crippen LogP contribution < -0.4 is 15.1 Å². The Labute approximate surface area is 201 Å². The van der Waals surface area contributed by atoms with Gasteiger partial charge in [-0.15, -0.1) is 16.8 Å². The molecule has 7 nitrogen and oxygen atoms in total. The van der Waals surface area contributed by atoms with Crippen LogP contribution in [-0.4, -0.2) is 34.1 Å². The number of thioether (sulfide) groups is 1. The molecule has 2 heterocycles. The van der Waals surface area contributed by atoms with E-state index in [0.29, 0.717) is 23.7 Å². The first kappa shape index (κ1) is 25.4. The van der Waals surface area contributed by atoms with Crippen LogP contribution >= 0.6 is 11.8 Å². The van der Waals surface area contributed by atoms with E-state index >= 15 is 0 Å². The van der Waals surface area contributed by atoms with Gasteiger partial charge < -0.3 is 5.11 Å². The van der Waals surface area contributed by atoms with Crippen molar-refractivity contribution in [1.29, 1.82) is 0 Å². The molecule has 8 heteroatoms. The standard InChI is InChI=1S/C25H38N4O3S/c1-16-10-9-11-17(2)29(16)28-14-22(32-27-28)26-21(30)15-33-18-12-19(24(3,4)5)23(31)20(13-18)25(6,7)8/h12-14,16-17H,9-11,15H2,1-8H3,(H-,26,27,30,31)/p+1. The van der Waals surface area contributed by atoms with Crippen LogP contribution in [0.25, 0.3) is 0 Å². The molecular formula is C25H39N4O3S+. The summed E-state index contributed by atoms with van der Waals surface area (Å²) < 4.78 is 5.38. The van der Waals surface area contributed by atoms with E-state index in [-0.39, 0.29) is 22.5 Å². The number of anilines is 1. The number of phenols is 1. The summed E-state index contributed by atoms with van der Waals surface area (Å²) in [5, 5.41) is 20.0. The minimum Gasteiger partial charge on any atom is -0.507 e. The highest BCUT2D eigenvalue weighted by Gasteiger charge is 2.34. The number of carbonyl (C=O) groups excluding carboxylic acids is 1. The van der Waals surface area contributed by atoms with E-state index in [1.54, 1.807) is 11.0 Å². The van der Waals surface area contributed by atoms with Gasteiger partial charge >= 0.3 is 5.88 Å². The molecule has 1 aromatic heterocycles. The molecule has 2 atom stereocenters. The van der Waals surface area contributed by atoms with Crippen LogP contribution in [0.4, 0.5) is 5.88 Å². The quantitative estimate of drug-likeness (QED) is 0.473. The third-order valence-electron chi connectivity index (χ3n) is 6.17. The highest BCUT2D eigenvalue weighted by atomic mass is 32.2. The van der Waals surface area contributed by atoms with Gasteiger partial charge in [0, 0.05) is 16.0 Å². The summed E-state index contributed by atoms with van der Waals surface area (Å²) in [5.41, 5.74) is 1.36. The van der Waals surface area contributed by atoms with Crippen LogP contribution in [0, 0.1) is 0 Å². The van der Waals surface area contributed by atoms with Crippen molar-refractivity contribution in [3.8, 4) is 5.75 Å². The van der Waals surface area contributed by atoms with Crippen molar-refractivity contribution >= 4 is 23.6 Å². The second-order valence-corrected chi connectivity index (χ2v) is 12.2. The maximum atomic E-state index is 12.6. The fraction of sp³-hybridized carbons (Fsp3) is 0.640. The Morgan fingerprint density at radius 2 is 1.70 bits per heavy atom.